The fourth-order valence-electron chi connectivity index (χ4n) is 2.39. The third-order valence-corrected chi connectivity index (χ3v) is 3.80. The average molecular weight is 299 g/mol. The van der Waals surface area contributed by atoms with Crippen molar-refractivity contribution in [1.29, 1.82) is 0 Å². The van der Waals surface area contributed by atoms with Crippen molar-refractivity contribution in [2.75, 3.05) is 53.5 Å². The van der Waals surface area contributed by atoms with Gasteiger partial charge in [-0.1, -0.05) is 6.92 Å². The molecule has 2 amide bonds. The number of piperidine rings is 1. The molecule has 0 atom stereocenters. The smallest absolute Gasteiger partial charge is 0.236 e. The second-order valence-electron chi connectivity index (χ2n) is 5.93. The Bertz CT molecular complexity index is 328. The highest BCUT2D eigenvalue weighted by Gasteiger charge is 2.21. The Morgan fingerprint density at radius 2 is 1.95 bits per heavy atom. The van der Waals surface area contributed by atoms with Crippen molar-refractivity contribution in [3.8, 4) is 0 Å². The van der Waals surface area contributed by atoms with Gasteiger partial charge in [0, 0.05) is 33.4 Å². The van der Waals surface area contributed by atoms with Crippen molar-refractivity contribution < 1.29 is 14.3 Å². The Balaban J connectivity index is 2.18. The predicted octanol–water partition coefficient (Wildman–Crippen LogP) is 0.329. The maximum Gasteiger partial charge on any atom is 0.236 e. The summed E-state index contributed by atoms with van der Waals surface area (Å²) in [7, 11) is 3.45. The highest BCUT2D eigenvalue weighted by Crippen LogP contribution is 2.15. The maximum atomic E-state index is 12.1. The van der Waals surface area contributed by atoms with E-state index in [1.54, 1.807) is 19.1 Å². The predicted molar refractivity (Wildman–Crippen MR) is 82.0 cm³/mol. The molecule has 1 heterocycles. The van der Waals surface area contributed by atoms with Crippen LogP contribution in [0.4, 0.5) is 0 Å². The molecule has 0 unspecified atom stereocenters. The van der Waals surface area contributed by atoms with Gasteiger partial charge in [0.05, 0.1) is 13.1 Å². The van der Waals surface area contributed by atoms with Crippen molar-refractivity contribution in [2.24, 2.45) is 5.92 Å². The third-order valence-electron chi connectivity index (χ3n) is 3.80. The van der Waals surface area contributed by atoms with E-state index in [1.165, 1.54) is 0 Å². The van der Waals surface area contributed by atoms with Gasteiger partial charge in [-0.25, -0.2) is 0 Å². The van der Waals surface area contributed by atoms with Gasteiger partial charge in [-0.3, -0.25) is 14.5 Å². The summed E-state index contributed by atoms with van der Waals surface area (Å²) in [5.74, 6) is 0.787. The lowest BCUT2D eigenvalue weighted by atomic mass is 9.99. The highest BCUT2D eigenvalue weighted by molar-refractivity contribution is 5.81. The largest absolute Gasteiger partial charge is 0.385 e. The number of methoxy groups -OCH3 is 1. The minimum Gasteiger partial charge on any atom is -0.385 e. The lowest BCUT2D eigenvalue weighted by Gasteiger charge is -2.31. The molecule has 1 N–H and O–H groups in total. The molecule has 0 aromatic rings. The van der Waals surface area contributed by atoms with Gasteiger partial charge in [-0.05, 0) is 32.2 Å². The molecular formula is C15H29N3O3. The maximum absolute atomic E-state index is 12.1. The number of carbonyl (C=O) groups excluding carboxylic acids is 2. The standard InChI is InChI=1S/C15H29N3O3/c1-13-5-8-18(9-6-13)15(20)12-17(2)11-14(19)16-7-4-10-21-3/h13H,4-12H2,1-3H3,(H,16,19). The molecule has 0 spiro atoms. The quantitative estimate of drug-likeness (QED) is 0.656. The van der Waals surface area contributed by atoms with Gasteiger partial charge in [0.25, 0.3) is 0 Å². The van der Waals surface area contributed by atoms with Gasteiger partial charge in [-0.2, -0.15) is 0 Å². The molecular weight excluding hydrogens is 270 g/mol. The van der Waals surface area contributed by atoms with Crippen LogP contribution in [0.3, 0.4) is 0 Å². The van der Waals surface area contributed by atoms with Crippen LogP contribution in [0.25, 0.3) is 0 Å². The molecule has 0 saturated carbocycles. The summed E-state index contributed by atoms with van der Waals surface area (Å²) in [6.45, 7) is 5.72. The molecule has 1 aliphatic rings. The fourth-order valence-corrected chi connectivity index (χ4v) is 2.39. The molecule has 0 radical (unpaired) electrons. The topological polar surface area (TPSA) is 61.9 Å². The van der Waals surface area contributed by atoms with Crippen LogP contribution in [-0.4, -0.2) is 75.1 Å². The lowest BCUT2D eigenvalue weighted by Crippen LogP contribution is -2.45. The van der Waals surface area contributed by atoms with Gasteiger partial charge >= 0.3 is 0 Å². The number of nitrogens with one attached hydrogen (secondary N) is 1. The van der Waals surface area contributed by atoms with Crippen LogP contribution in [0.5, 0.6) is 0 Å². The molecule has 1 rings (SSSR count). The Kier molecular flexibility index (Phi) is 8.30. The zero-order valence-corrected chi connectivity index (χ0v) is 13.6. The molecule has 6 nitrogen and oxygen atoms in total. The minimum atomic E-state index is -0.0475. The van der Waals surface area contributed by atoms with E-state index < -0.39 is 0 Å². The summed E-state index contributed by atoms with van der Waals surface area (Å²) in [6, 6.07) is 0. The number of ether oxygens (including phenoxy) is 1. The first-order chi connectivity index (χ1) is 10.0. The summed E-state index contributed by atoms with van der Waals surface area (Å²) >= 11 is 0. The SMILES string of the molecule is COCCCNC(=O)CN(C)CC(=O)N1CCC(C)CC1. The zero-order valence-electron chi connectivity index (χ0n) is 13.6. The first kappa shape index (κ1) is 17.9. The van der Waals surface area contributed by atoms with Crippen molar-refractivity contribution in [1.82, 2.24) is 15.1 Å². The second-order valence-corrected chi connectivity index (χ2v) is 5.93. The number of likely N-dealkylation sites (N-methyl/N-ethyl adjacent to an activating group) is 1. The number of likely N-dealkylation sites (tertiary alicyclic amines) is 1. The van der Waals surface area contributed by atoms with Gasteiger partial charge in [0.15, 0.2) is 0 Å². The van der Waals surface area contributed by atoms with E-state index in [-0.39, 0.29) is 18.4 Å². The van der Waals surface area contributed by atoms with Gasteiger partial charge in [0.1, 0.15) is 0 Å². The van der Waals surface area contributed by atoms with Crippen molar-refractivity contribution in [3.63, 3.8) is 0 Å². The van der Waals surface area contributed by atoms with E-state index in [4.69, 9.17) is 4.74 Å². The molecule has 1 fully saturated rings. The number of amides is 2. The molecule has 1 aliphatic heterocycles. The summed E-state index contributed by atoms with van der Waals surface area (Å²) in [4.78, 5) is 27.5. The van der Waals surface area contributed by atoms with Crippen LogP contribution in [0.2, 0.25) is 0 Å². The molecule has 6 heteroatoms. The molecule has 122 valence electrons. The van der Waals surface area contributed by atoms with Gasteiger partial charge in [-0.15, -0.1) is 0 Å². The molecule has 0 bridgehead atoms. The number of hydrogen-bond donors (Lipinski definition) is 1. The molecule has 0 aliphatic carbocycles. The fraction of sp³-hybridized carbons (Fsp3) is 0.867. The van der Waals surface area contributed by atoms with E-state index in [1.807, 2.05) is 4.90 Å². The van der Waals surface area contributed by atoms with Gasteiger partial charge in [0.2, 0.25) is 11.8 Å². The molecule has 21 heavy (non-hydrogen) atoms. The van der Waals surface area contributed by atoms with Crippen LogP contribution in [0, 0.1) is 5.92 Å². The Morgan fingerprint density at radius 1 is 1.29 bits per heavy atom. The Morgan fingerprint density at radius 3 is 2.57 bits per heavy atom. The van der Waals surface area contributed by atoms with E-state index in [0.29, 0.717) is 25.6 Å². The van der Waals surface area contributed by atoms with E-state index in [2.05, 4.69) is 12.2 Å². The van der Waals surface area contributed by atoms with Crippen LogP contribution < -0.4 is 5.32 Å². The normalized spacial score (nSPS) is 16.3. The monoisotopic (exact) mass is 299 g/mol. The minimum absolute atomic E-state index is 0.0475. The summed E-state index contributed by atoms with van der Waals surface area (Å²) in [5.41, 5.74) is 0. The van der Waals surface area contributed by atoms with Crippen molar-refractivity contribution in [2.45, 2.75) is 26.2 Å². The van der Waals surface area contributed by atoms with Crippen LogP contribution in [-0.2, 0) is 14.3 Å². The average Bonchev–Trinajstić information content (AvgIpc) is 2.44. The lowest BCUT2D eigenvalue weighted by molar-refractivity contribution is -0.134. The van der Waals surface area contributed by atoms with Crippen LogP contribution in [0.15, 0.2) is 0 Å². The number of rotatable bonds is 8. The number of nitrogens with zero attached hydrogens (tertiary/aromatic N) is 2. The van der Waals surface area contributed by atoms with Gasteiger partial charge < -0.3 is 15.0 Å². The van der Waals surface area contributed by atoms with Crippen LogP contribution in [0.1, 0.15) is 26.2 Å². The summed E-state index contributed by atoms with van der Waals surface area (Å²) < 4.78 is 4.92. The second kappa shape index (κ2) is 9.73. The Hall–Kier alpha value is -1.14. The zero-order chi connectivity index (χ0) is 15.7. The van der Waals surface area contributed by atoms with Crippen LogP contribution >= 0.6 is 0 Å². The van der Waals surface area contributed by atoms with E-state index in [9.17, 15) is 9.59 Å². The van der Waals surface area contributed by atoms with Crippen molar-refractivity contribution in [3.05, 3.63) is 0 Å². The molecule has 0 aromatic heterocycles. The van der Waals surface area contributed by atoms with Crippen molar-refractivity contribution >= 4 is 11.8 Å². The Labute approximate surface area is 127 Å². The first-order valence-electron chi connectivity index (χ1n) is 7.75. The number of hydrogen-bond acceptors (Lipinski definition) is 4. The van der Waals surface area contributed by atoms with E-state index in [0.717, 1.165) is 32.4 Å². The van der Waals surface area contributed by atoms with E-state index >= 15 is 0 Å². The summed E-state index contributed by atoms with van der Waals surface area (Å²) in [6.07, 6.45) is 2.96. The highest BCUT2D eigenvalue weighted by atomic mass is 16.5. The number of carbonyl (C=O) groups is 2. The summed E-state index contributed by atoms with van der Waals surface area (Å²) in [5, 5.41) is 2.82. The molecule has 1 saturated heterocycles. The first-order valence-corrected chi connectivity index (χ1v) is 7.75. The molecule has 0 aromatic carbocycles. The third kappa shape index (κ3) is 7.43.